The van der Waals surface area contributed by atoms with Gasteiger partial charge in [0.15, 0.2) is 11.8 Å². The molecule has 8 heteroatoms. The summed E-state index contributed by atoms with van der Waals surface area (Å²) in [6, 6.07) is 0. The monoisotopic (exact) mass is 248 g/mol. The Balaban J connectivity index is 4.58. The van der Waals surface area contributed by atoms with Crippen LogP contribution in [0, 0.1) is 11.8 Å². The fraction of sp³-hybridized carbons (Fsp3) is 0.556. The molecule has 0 aliphatic rings. The van der Waals surface area contributed by atoms with Gasteiger partial charge in [0.1, 0.15) is 0 Å². The smallest absolute Gasteiger partial charge is 0.320 e. The number of ether oxygens (including phenoxy) is 1. The van der Waals surface area contributed by atoms with Gasteiger partial charge in [-0.25, -0.2) is 0 Å². The van der Waals surface area contributed by atoms with Gasteiger partial charge in [0.05, 0.1) is 7.11 Å². The minimum absolute atomic E-state index is 0.411. The Kier molecular flexibility index (Phi) is 5.65. The van der Waals surface area contributed by atoms with Crippen LogP contribution in [-0.2, 0) is 23.9 Å². The molecule has 3 N–H and O–H groups in total. The van der Waals surface area contributed by atoms with Crippen LogP contribution in [0.25, 0.3) is 0 Å². The van der Waals surface area contributed by atoms with E-state index in [4.69, 9.17) is 15.3 Å². The lowest BCUT2D eigenvalue weighted by atomic mass is 9.96. The van der Waals surface area contributed by atoms with Gasteiger partial charge < -0.3 is 20.1 Å². The summed E-state index contributed by atoms with van der Waals surface area (Å²) in [6.07, 6.45) is -0.873. The van der Waals surface area contributed by atoms with Crippen LogP contribution in [0.5, 0.6) is 0 Å². The highest BCUT2D eigenvalue weighted by Gasteiger charge is 2.32. The number of carbonyl (C=O) groups is 4. The fourth-order valence-electron chi connectivity index (χ4n) is 1.17. The van der Waals surface area contributed by atoms with Crippen molar-refractivity contribution in [3.8, 4) is 0 Å². The van der Waals surface area contributed by atoms with E-state index in [0.717, 1.165) is 7.11 Å². The van der Waals surface area contributed by atoms with Crippen LogP contribution < -0.4 is 0 Å². The van der Waals surface area contributed by atoms with Gasteiger partial charge in [-0.05, 0) is 12.8 Å². The average molecular weight is 248 g/mol. The molecule has 0 aromatic heterocycles. The normalized spacial score (nSPS) is 11.9. The van der Waals surface area contributed by atoms with Crippen molar-refractivity contribution < 1.29 is 39.2 Å². The van der Waals surface area contributed by atoms with Crippen molar-refractivity contribution in [3.63, 3.8) is 0 Å². The quantitative estimate of drug-likeness (QED) is 0.402. The molecular weight excluding hydrogens is 236 g/mol. The second-order valence-corrected chi connectivity index (χ2v) is 3.22. The molecule has 0 aromatic carbocycles. The van der Waals surface area contributed by atoms with E-state index in [0.29, 0.717) is 0 Å². The van der Waals surface area contributed by atoms with E-state index in [1.54, 1.807) is 0 Å². The van der Waals surface area contributed by atoms with E-state index in [-0.39, 0.29) is 0 Å². The maximum Gasteiger partial charge on any atom is 0.320 e. The van der Waals surface area contributed by atoms with Gasteiger partial charge in [0, 0.05) is 0 Å². The molecule has 0 aromatic rings. The molecule has 1 unspecified atom stereocenters. The Morgan fingerprint density at radius 2 is 1.24 bits per heavy atom. The molecule has 0 rings (SSSR count). The Morgan fingerprint density at radius 3 is 1.53 bits per heavy atom. The first-order valence-corrected chi connectivity index (χ1v) is 4.57. The molecule has 8 nitrogen and oxygen atoms in total. The Bertz CT molecular complexity index is 320. The van der Waals surface area contributed by atoms with Crippen LogP contribution in [0.15, 0.2) is 0 Å². The molecule has 0 amide bonds. The predicted molar refractivity (Wildman–Crippen MR) is 51.1 cm³/mol. The van der Waals surface area contributed by atoms with Gasteiger partial charge >= 0.3 is 23.9 Å². The third-order valence-corrected chi connectivity index (χ3v) is 2.12. The number of hydrogen-bond acceptors (Lipinski definition) is 5. The Morgan fingerprint density at radius 1 is 0.882 bits per heavy atom. The molecular formula is C9H12O8. The third-order valence-electron chi connectivity index (χ3n) is 2.12. The molecule has 0 aliphatic heterocycles. The van der Waals surface area contributed by atoms with Gasteiger partial charge in [0.2, 0.25) is 0 Å². The second-order valence-electron chi connectivity index (χ2n) is 3.22. The zero-order valence-corrected chi connectivity index (χ0v) is 8.95. The van der Waals surface area contributed by atoms with Gasteiger partial charge in [-0.3, -0.25) is 19.2 Å². The zero-order chi connectivity index (χ0) is 13.6. The molecule has 0 heterocycles. The summed E-state index contributed by atoms with van der Waals surface area (Å²) in [6.45, 7) is 0. The highest BCUT2D eigenvalue weighted by Crippen LogP contribution is 2.15. The number of hydrogen-bond donors (Lipinski definition) is 3. The number of carboxylic acid groups (broad SMARTS) is 3. The Hall–Kier alpha value is -2.12. The lowest BCUT2D eigenvalue weighted by Gasteiger charge is -2.11. The SMILES string of the molecule is COC(=O)C(CCC(C(=O)O)C(=O)O)C(=O)O. The summed E-state index contributed by atoms with van der Waals surface area (Å²) >= 11 is 0. The summed E-state index contributed by atoms with van der Waals surface area (Å²) in [4.78, 5) is 42.7. The number of esters is 1. The molecule has 0 radical (unpaired) electrons. The number of carbonyl (C=O) groups excluding carboxylic acids is 1. The van der Waals surface area contributed by atoms with Crippen LogP contribution in [0.3, 0.4) is 0 Å². The fourth-order valence-corrected chi connectivity index (χ4v) is 1.17. The Labute approximate surface area is 95.8 Å². The van der Waals surface area contributed by atoms with Crippen molar-refractivity contribution in [1.82, 2.24) is 0 Å². The van der Waals surface area contributed by atoms with Gasteiger partial charge in [-0.15, -0.1) is 0 Å². The van der Waals surface area contributed by atoms with Gasteiger partial charge in [-0.1, -0.05) is 0 Å². The molecule has 0 bridgehead atoms. The first kappa shape index (κ1) is 14.9. The minimum atomic E-state index is -1.73. The number of methoxy groups -OCH3 is 1. The number of aliphatic carboxylic acids is 3. The summed E-state index contributed by atoms with van der Waals surface area (Å²) in [5, 5.41) is 25.8. The van der Waals surface area contributed by atoms with Gasteiger partial charge in [0.25, 0.3) is 0 Å². The first-order valence-electron chi connectivity index (χ1n) is 4.57. The minimum Gasteiger partial charge on any atom is -0.481 e. The number of rotatable bonds is 7. The maximum absolute atomic E-state index is 11.0. The summed E-state index contributed by atoms with van der Waals surface area (Å²) in [7, 11) is 0.990. The van der Waals surface area contributed by atoms with Crippen molar-refractivity contribution in [3.05, 3.63) is 0 Å². The lowest BCUT2D eigenvalue weighted by Crippen LogP contribution is -2.29. The van der Waals surface area contributed by atoms with Crippen molar-refractivity contribution in [2.45, 2.75) is 12.8 Å². The largest absolute Gasteiger partial charge is 0.481 e. The lowest BCUT2D eigenvalue weighted by molar-refractivity contribution is -0.161. The molecule has 0 aliphatic carbocycles. The van der Waals surface area contributed by atoms with Crippen molar-refractivity contribution in [1.29, 1.82) is 0 Å². The van der Waals surface area contributed by atoms with E-state index in [9.17, 15) is 19.2 Å². The first-order chi connectivity index (χ1) is 7.81. The van der Waals surface area contributed by atoms with Crippen molar-refractivity contribution in [2.24, 2.45) is 11.8 Å². The number of carboxylic acids is 3. The predicted octanol–water partition coefficient (Wildman–Crippen LogP) is -0.574. The van der Waals surface area contributed by atoms with Gasteiger partial charge in [-0.2, -0.15) is 0 Å². The molecule has 0 saturated carbocycles. The summed E-state index contributed by atoms with van der Waals surface area (Å²) < 4.78 is 4.21. The summed E-state index contributed by atoms with van der Waals surface area (Å²) in [5.41, 5.74) is 0. The summed E-state index contributed by atoms with van der Waals surface area (Å²) in [5.74, 6) is -8.96. The van der Waals surface area contributed by atoms with E-state index < -0.39 is 48.6 Å². The molecule has 17 heavy (non-hydrogen) atoms. The van der Waals surface area contributed by atoms with E-state index in [1.165, 1.54) is 0 Å². The molecule has 0 fully saturated rings. The molecule has 0 saturated heterocycles. The maximum atomic E-state index is 11.0. The highest BCUT2D eigenvalue weighted by atomic mass is 16.5. The van der Waals surface area contributed by atoms with E-state index in [2.05, 4.69) is 4.74 Å². The standard InChI is InChI=1S/C9H12O8/c1-17-9(16)5(8(14)15)3-2-4(6(10)11)7(12)13/h4-5H,2-3H2,1H3,(H,10,11)(H,12,13)(H,14,15). The zero-order valence-electron chi connectivity index (χ0n) is 8.95. The van der Waals surface area contributed by atoms with E-state index in [1.807, 2.05) is 0 Å². The van der Waals surface area contributed by atoms with E-state index >= 15 is 0 Å². The third kappa shape index (κ3) is 4.49. The van der Waals surface area contributed by atoms with Crippen LogP contribution in [-0.4, -0.2) is 46.3 Å². The molecule has 0 spiro atoms. The highest BCUT2D eigenvalue weighted by molar-refractivity contribution is 5.95. The topological polar surface area (TPSA) is 138 Å². The van der Waals surface area contributed by atoms with Crippen LogP contribution in [0.4, 0.5) is 0 Å². The van der Waals surface area contributed by atoms with Crippen molar-refractivity contribution >= 4 is 23.9 Å². The van der Waals surface area contributed by atoms with Crippen LogP contribution >= 0.6 is 0 Å². The van der Waals surface area contributed by atoms with Crippen LogP contribution in [0.2, 0.25) is 0 Å². The molecule has 1 atom stereocenters. The van der Waals surface area contributed by atoms with Crippen molar-refractivity contribution in [2.75, 3.05) is 7.11 Å². The van der Waals surface area contributed by atoms with Crippen LogP contribution in [0.1, 0.15) is 12.8 Å². The average Bonchev–Trinajstić information content (AvgIpc) is 2.21. The molecule has 96 valence electrons. The second kappa shape index (κ2) is 6.46.